The van der Waals surface area contributed by atoms with Crippen LogP contribution in [0.3, 0.4) is 0 Å². The molecular formula is C21H19ClNNaO3. The van der Waals surface area contributed by atoms with E-state index in [0.717, 1.165) is 22.2 Å². The summed E-state index contributed by atoms with van der Waals surface area (Å²) in [5.74, 6) is -0.464. The standard InChI is InChI=1S/C21H18ClNO3.Na.H/c1-14(21(24)25)26-19-7-3-5-15(12-19)4-2-6-18-11-9-16-8-10-17(22)13-20(16)23-18;;/h2-5,7-14H,6H2,1H3,(H,24,25);;/q;+1;-1. The van der Waals surface area contributed by atoms with Crippen LogP contribution < -0.4 is 34.3 Å². The van der Waals surface area contributed by atoms with Crippen molar-refractivity contribution in [1.82, 2.24) is 4.98 Å². The molecule has 3 aromatic rings. The van der Waals surface area contributed by atoms with Crippen LogP contribution in [0.5, 0.6) is 5.75 Å². The van der Waals surface area contributed by atoms with Crippen molar-refractivity contribution in [3.63, 3.8) is 0 Å². The molecule has 27 heavy (non-hydrogen) atoms. The molecule has 134 valence electrons. The molecule has 1 unspecified atom stereocenters. The molecule has 0 fully saturated rings. The Labute approximate surface area is 186 Å². The molecule has 0 amide bonds. The number of rotatable bonds is 6. The SMILES string of the molecule is CC(Oc1cccc(C=CCc2ccc3ccc(Cl)cc3n2)c1)C(=O)O.[H-].[Na+]. The predicted octanol–water partition coefficient (Wildman–Crippen LogP) is 2.11. The van der Waals surface area contributed by atoms with Crippen LogP contribution >= 0.6 is 11.6 Å². The molecule has 6 heteroatoms. The Bertz CT molecular complexity index is 981. The number of hydrogen-bond acceptors (Lipinski definition) is 3. The first kappa shape index (κ1) is 21.5. The third kappa shape index (κ3) is 6.08. The van der Waals surface area contributed by atoms with Gasteiger partial charge in [0.2, 0.25) is 0 Å². The zero-order valence-electron chi connectivity index (χ0n) is 16.2. The van der Waals surface area contributed by atoms with Gasteiger partial charge in [0.15, 0.2) is 6.10 Å². The summed E-state index contributed by atoms with van der Waals surface area (Å²) < 4.78 is 5.38. The number of halogens is 1. The summed E-state index contributed by atoms with van der Waals surface area (Å²) in [7, 11) is 0. The van der Waals surface area contributed by atoms with Gasteiger partial charge in [0.1, 0.15) is 5.75 Å². The van der Waals surface area contributed by atoms with Crippen LogP contribution in [-0.4, -0.2) is 22.2 Å². The van der Waals surface area contributed by atoms with Gasteiger partial charge >= 0.3 is 35.5 Å². The number of hydrogen-bond donors (Lipinski definition) is 1. The zero-order valence-corrected chi connectivity index (χ0v) is 18.0. The number of fused-ring (bicyclic) bond motifs is 1. The third-order valence-corrected chi connectivity index (χ3v) is 4.10. The van der Waals surface area contributed by atoms with Gasteiger partial charge in [-0.05, 0) is 42.8 Å². The number of ether oxygens (including phenoxy) is 1. The maximum atomic E-state index is 10.9. The number of aliphatic carboxylic acids is 1. The van der Waals surface area contributed by atoms with Crippen molar-refractivity contribution in [3.8, 4) is 5.75 Å². The van der Waals surface area contributed by atoms with Crippen LogP contribution in [0.1, 0.15) is 19.6 Å². The Balaban J connectivity index is 0.00000196. The summed E-state index contributed by atoms with van der Waals surface area (Å²) in [4.78, 5) is 15.5. The van der Waals surface area contributed by atoms with Crippen molar-refractivity contribution in [2.45, 2.75) is 19.4 Å². The summed E-state index contributed by atoms with van der Waals surface area (Å²) in [6, 6.07) is 17.0. The van der Waals surface area contributed by atoms with Gasteiger partial charge in [-0.1, -0.05) is 48.0 Å². The van der Waals surface area contributed by atoms with E-state index in [1.54, 1.807) is 6.07 Å². The normalized spacial score (nSPS) is 11.9. The van der Waals surface area contributed by atoms with Crippen LogP contribution in [0.25, 0.3) is 17.0 Å². The molecule has 1 aromatic heterocycles. The summed E-state index contributed by atoms with van der Waals surface area (Å²) in [6.45, 7) is 1.50. The number of nitrogens with zero attached hydrogens (tertiary/aromatic N) is 1. The van der Waals surface area contributed by atoms with Crippen molar-refractivity contribution < 1.29 is 45.6 Å². The van der Waals surface area contributed by atoms with E-state index in [4.69, 9.17) is 21.4 Å². The Morgan fingerprint density at radius 3 is 2.81 bits per heavy atom. The molecule has 4 nitrogen and oxygen atoms in total. The van der Waals surface area contributed by atoms with Crippen LogP contribution in [0, 0.1) is 0 Å². The molecule has 0 aliphatic carbocycles. The van der Waals surface area contributed by atoms with Gasteiger partial charge in [0.25, 0.3) is 0 Å². The maximum Gasteiger partial charge on any atom is 1.00 e. The Morgan fingerprint density at radius 1 is 1.26 bits per heavy atom. The van der Waals surface area contributed by atoms with E-state index < -0.39 is 12.1 Å². The molecule has 1 N–H and O–H groups in total. The quantitative estimate of drug-likeness (QED) is 0.654. The summed E-state index contributed by atoms with van der Waals surface area (Å²) in [6.07, 6.45) is 3.77. The Morgan fingerprint density at radius 2 is 2.04 bits per heavy atom. The van der Waals surface area contributed by atoms with Gasteiger partial charge in [-0.2, -0.15) is 0 Å². The number of carboxylic acids is 1. The molecule has 0 bridgehead atoms. The molecule has 0 aliphatic heterocycles. The smallest absolute Gasteiger partial charge is 1.00 e. The Hall–Kier alpha value is -1.85. The fraction of sp³-hybridized carbons (Fsp3) is 0.143. The summed E-state index contributed by atoms with van der Waals surface area (Å²) in [5.41, 5.74) is 2.76. The van der Waals surface area contributed by atoms with E-state index in [0.29, 0.717) is 17.2 Å². The molecule has 0 saturated heterocycles. The molecule has 0 saturated carbocycles. The van der Waals surface area contributed by atoms with Crippen LogP contribution in [0.2, 0.25) is 5.02 Å². The van der Waals surface area contributed by atoms with Gasteiger partial charge in [-0.25, -0.2) is 4.79 Å². The average molecular weight is 392 g/mol. The summed E-state index contributed by atoms with van der Waals surface area (Å²) in [5, 5.41) is 10.6. The topological polar surface area (TPSA) is 59.4 Å². The van der Waals surface area contributed by atoms with E-state index >= 15 is 0 Å². The second kappa shape index (κ2) is 9.90. The number of pyridine rings is 1. The monoisotopic (exact) mass is 391 g/mol. The minimum absolute atomic E-state index is 0. The number of allylic oxidation sites excluding steroid dienone is 1. The van der Waals surface area contributed by atoms with E-state index in [1.807, 2.05) is 60.7 Å². The van der Waals surface area contributed by atoms with Crippen molar-refractivity contribution >= 4 is 34.5 Å². The molecule has 1 atom stereocenters. The van der Waals surface area contributed by atoms with Crippen molar-refractivity contribution in [1.29, 1.82) is 0 Å². The predicted molar refractivity (Wildman–Crippen MR) is 105 cm³/mol. The molecular weight excluding hydrogens is 373 g/mol. The van der Waals surface area contributed by atoms with Crippen LogP contribution in [-0.2, 0) is 11.2 Å². The molecule has 1 heterocycles. The number of carboxylic acid groups (broad SMARTS) is 1. The average Bonchev–Trinajstić information content (AvgIpc) is 2.61. The van der Waals surface area contributed by atoms with E-state index in [9.17, 15) is 4.79 Å². The minimum atomic E-state index is -0.992. The second-order valence-electron chi connectivity index (χ2n) is 5.92. The first-order valence-electron chi connectivity index (χ1n) is 8.22. The van der Waals surface area contributed by atoms with E-state index in [2.05, 4.69) is 4.98 Å². The zero-order chi connectivity index (χ0) is 18.5. The van der Waals surface area contributed by atoms with E-state index in [-0.39, 0.29) is 31.0 Å². The largest absolute Gasteiger partial charge is 1.00 e. The molecule has 2 aromatic carbocycles. The van der Waals surface area contributed by atoms with Crippen LogP contribution in [0.15, 0.2) is 60.7 Å². The molecule has 0 radical (unpaired) electrons. The fourth-order valence-corrected chi connectivity index (χ4v) is 2.67. The number of aromatic nitrogens is 1. The van der Waals surface area contributed by atoms with Gasteiger partial charge < -0.3 is 11.3 Å². The number of benzene rings is 2. The number of carbonyl (C=O) groups is 1. The van der Waals surface area contributed by atoms with Gasteiger partial charge in [0, 0.05) is 22.5 Å². The van der Waals surface area contributed by atoms with Crippen molar-refractivity contribution in [3.05, 3.63) is 77.0 Å². The summed E-state index contributed by atoms with van der Waals surface area (Å²) >= 11 is 6.02. The van der Waals surface area contributed by atoms with Gasteiger partial charge in [-0.3, -0.25) is 4.98 Å². The first-order chi connectivity index (χ1) is 12.5. The Kier molecular flexibility index (Phi) is 7.87. The fourth-order valence-electron chi connectivity index (χ4n) is 2.51. The van der Waals surface area contributed by atoms with Gasteiger partial charge in [0.05, 0.1) is 5.52 Å². The van der Waals surface area contributed by atoms with E-state index in [1.165, 1.54) is 6.92 Å². The second-order valence-corrected chi connectivity index (χ2v) is 6.35. The molecule has 0 spiro atoms. The van der Waals surface area contributed by atoms with Crippen molar-refractivity contribution in [2.24, 2.45) is 0 Å². The third-order valence-electron chi connectivity index (χ3n) is 3.87. The molecule has 0 aliphatic rings. The minimum Gasteiger partial charge on any atom is -1.00 e. The molecule has 3 rings (SSSR count). The van der Waals surface area contributed by atoms with Crippen LogP contribution in [0.4, 0.5) is 0 Å². The van der Waals surface area contributed by atoms with Crippen molar-refractivity contribution in [2.75, 3.05) is 0 Å². The first-order valence-corrected chi connectivity index (χ1v) is 8.60. The van der Waals surface area contributed by atoms with Gasteiger partial charge in [-0.15, -0.1) is 0 Å². The maximum absolute atomic E-state index is 10.9.